The minimum atomic E-state index is -1.63. The van der Waals surface area contributed by atoms with E-state index in [0.717, 1.165) is 5.56 Å². The minimum Gasteiger partial charge on any atom is -0.472 e. The van der Waals surface area contributed by atoms with Crippen molar-refractivity contribution < 1.29 is 49.3 Å². The summed E-state index contributed by atoms with van der Waals surface area (Å²) in [6.07, 6.45) is -3.29. The number of carbonyl (C=O) groups is 1. The van der Waals surface area contributed by atoms with Crippen molar-refractivity contribution in [3.8, 4) is 0 Å². The zero-order valence-corrected chi connectivity index (χ0v) is 18.6. The second-order valence-electron chi connectivity index (χ2n) is 9.02. The highest BCUT2D eigenvalue weighted by atomic mass is 16.8. The first-order valence-electron chi connectivity index (χ1n) is 11.2. The van der Waals surface area contributed by atoms with Crippen LogP contribution in [0.1, 0.15) is 18.9 Å². The van der Waals surface area contributed by atoms with Gasteiger partial charge in [0.05, 0.1) is 24.9 Å². The van der Waals surface area contributed by atoms with Gasteiger partial charge in [0.25, 0.3) is 0 Å². The molecule has 0 bridgehead atoms. The van der Waals surface area contributed by atoms with Crippen LogP contribution >= 0.6 is 0 Å². The van der Waals surface area contributed by atoms with Crippen LogP contribution in [-0.4, -0.2) is 86.8 Å². The molecule has 10 nitrogen and oxygen atoms in total. The fraction of sp³-hybridized carbons (Fsp3) is 0.542. The van der Waals surface area contributed by atoms with E-state index in [9.17, 15) is 30.3 Å². The molecule has 0 amide bonds. The van der Waals surface area contributed by atoms with Crippen molar-refractivity contribution >= 4 is 12.0 Å². The van der Waals surface area contributed by atoms with Gasteiger partial charge < -0.3 is 44.5 Å². The summed E-state index contributed by atoms with van der Waals surface area (Å²) in [6, 6.07) is 9.23. The normalized spacial score (nSPS) is 41.8. The van der Waals surface area contributed by atoms with Crippen molar-refractivity contribution in [2.24, 2.45) is 11.8 Å². The van der Waals surface area contributed by atoms with E-state index in [4.69, 9.17) is 18.9 Å². The fourth-order valence-electron chi connectivity index (χ4n) is 4.88. The van der Waals surface area contributed by atoms with Gasteiger partial charge in [0.15, 0.2) is 6.29 Å². The lowest BCUT2D eigenvalue weighted by atomic mass is 9.84. The van der Waals surface area contributed by atoms with Crippen LogP contribution in [-0.2, 0) is 23.7 Å². The lowest BCUT2D eigenvalue weighted by Crippen LogP contribution is -2.60. The van der Waals surface area contributed by atoms with Gasteiger partial charge in [0.1, 0.15) is 30.0 Å². The van der Waals surface area contributed by atoms with Crippen LogP contribution in [0, 0.1) is 11.8 Å². The van der Waals surface area contributed by atoms with Crippen molar-refractivity contribution in [1.82, 2.24) is 0 Å². The van der Waals surface area contributed by atoms with Gasteiger partial charge in [-0.2, -0.15) is 0 Å². The van der Waals surface area contributed by atoms with Gasteiger partial charge in [-0.05, 0) is 24.6 Å². The Morgan fingerprint density at radius 1 is 1.12 bits per heavy atom. The molecule has 0 radical (unpaired) electrons. The molecule has 2 aliphatic heterocycles. The third-order valence-electron chi connectivity index (χ3n) is 6.65. The number of esters is 1. The summed E-state index contributed by atoms with van der Waals surface area (Å²) in [5.41, 5.74) is -0.368. The molecular weight excluding hydrogens is 448 g/mol. The maximum atomic E-state index is 12.6. The Hall–Kier alpha value is -2.31. The SMILES string of the molecule is CC1(OC(=O)C=Cc2ccccc2)CC(O)C2C=COC(OC3OC(CO)C(O)C(O)C3O)C21. The zero-order chi connectivity index (χ0) is 24.5. The molecule has 0 spiro atoms. The van der Waals surface area contributed by atoms with E-state index < -0.39 is 73.1 Å². The predicted molar refractivity (Wildman–Crippen MR) is 116 cm³/mol. The summed E-state index contributed by atoms with van der Waals surface area (Å²) in [7, 11) is 0. The first-order valence-corrected chi connectivity index (χ1v) is 11.2. The molecule has 2 fully saturated rings. The Morgan fingerprint density at radius 3 is 2.56 bits per heavy atom. The Morgan fingerprint density at radius 2 is 1.85 bits per heavy atom. The van der Waals surface area contributed by atoms with E-state index in [2.05, 4.69) is 0 Å². The second-order valence-corrected chi connectivity index (χ2v) is 9.02. The summed E-state index contributed by atoms with van der Waals surface area (Å²) < 4.78 is 22.6. The van der Waals surface area contributed by atoms with Gasteiger partial charge in [-0.1, -0.05) is 30.3 Å². The van der Waals surface area contributed by atoms with Gasteiger partial charge in [-0.25, -0.2) is 4.79 Å². The average Bonchev–Trinajstić information content (AvgIpc) is 3.09. The van der Waals surface area contributed by atoms with Crippen LogP contribution in [0.5, 0.6) is 0 Å². The van der Waals surface area contributed by atoms with Gasteiger partial charge in [-0.3, -0.25) is 0 Å². The van der Waals surface area contributed by atoms with Crippen molar-refractivity contribution in [2.45, 2.75) is 62.0 Å². The summed E-state index contributed by atoms with van der Waals surface area (Å²) in [4.78, 5) is 12.6. The van der Waals surface area contributed by atoms with Crippen LogP contribution < -0.4 is 0 Å². The lowest BCUT2D eigenvalue weighted by Gasteiger charge is -2.44. The average molecular weight is 478 g/mol. The van der Waals surface area contributed by atoms with E-state index in [1.54, 1.807) is 19.1 Å². The van der Waals surface area contributed by atoms with Crippen molar-refractivity contribution in [3.63, 3.8) is 0 Å². The van der Waals surface area contributed by atoms with Gasteiger partial charge in [0, 0.05) is 18.4 Å². The molecule has 10 heteroatoms. The molecule has 4 rings (SSSR count). The molecule has 34 heavy (non-hydrogen) atoms. The van der Waals surface area contributed by atoms with Crippen LogP contribution in [0.15, 0.2) is 48.7 Å². The Balaban J connectivity index is 1.50. The molecular formula is C24H30O10. The molecule has 5 N–H and O–H groups in total. The summed E-state index contributed by atoms with van der Waals surface area (Å²) in [5.74, 6) is -1.76. The third-order valence-corrected chi connectivity index (χ3v) is 6.65. The second kappa shape index (κ2) is 10.1. The summed E-state index contributed by atoms with van der Waals surface area (Å²) >= 11 is 0. The fourth-order valence-corrected chi connectivity index (χ4v) is 4.88. The monoisotopic (exact) mass is 478 g/mol. The van der Waals surface area contributed by atoms with Crippen LogP contribution in [0.3, 0.4) is 0 Å². The molecule has 1 aliphatic carbocycles. The van der Waals surface area contributed by atoms with E-state index >= 15 is 0 Å². The number of hydrogen-bond donors (Lipinski definition) is 5. The number of carbonyl (C=O) groups excluding carboxylic acids is 1. The molecule has 1 aromatic carbocycles. The zero-order valence-electron chi connectivity index (χ0n) is 18.6. The Kier molecular flexibility index (Phi) is 7.39. The largest absolute Gasteiger partial charge is 0.472 e. The molecule has 10 atom stereocenters. The van der Waals surface area contributed by atoms with Crippen LogP contribution in [0.4, 0.5) is 0 Å². The molecule has 10 unspecified atom stereocenters. The molecule has 2 heterocycles. The Bertz CT molecular complexity index is 902. The number of ether oxygens (including phenoxy) is 4. The molecule has 3 aliphatic rings. The highest BCUT2D eigenvalue weighted by Gasteiger charge is 2.59. The maximum absolute atomic E-state index is 12.6. The van der Waals surface area contributed by atoms with Crippen LogP contribution in [0.2, 0.25) is 0 Å². The summed E-state index contributed by atoms with van der Waals surface area (Å²) in [5, 5.41) is 50.5. The number of hydrogen-bond acceptors (Lipinski definition) is 10. The first-order chi connectivity index (χ1) is 16.2. The van der Waals surface area contributed by atoms with Crippen molar-refractivity contribution in [3.05, 3.63) is 54.3 Å². The lowest BCUT2D eigenvalue weighted by molar-refractivity contribution is -0.346. The number of fused-ring (bicyclic) bond motifs is 1. The molecule has 186 valence electrons. The first kappa shape index (κ1) is 24.8. The van der Waals surface area contributed by atoms with Gasteiger partial charge in [0.2, 0.25) is 6.29 Å². The van der Waals surface area contributed by atoms with E-state index in [1.165, 1.54) is 12.3 Å². The standard InChI is InChI=1S/C24H30O10/c1-24(34-17(27)8-7-13-5-3-2-4-6-13)11-15(26)14-9-10-31-22(18(14)24)33-23-21(30)20(29)19(28)16(12-25)32-23/h2-10,14-16,18-23,25-26,28-30H,11-12H2,1H3. The Labute approximate surface area is 196 Å². The van der Waals surface area contributed by atoms with E-state index in [1.807, 2.05) is 30.3 Å². The maximum Gasteiger partial charge on any atom is 0.331 e. The number of rotatable bonds is 6. The number of aliphatic hydroxyl groups excluding tert-OH is 5. The molecule has 1 saturated heterocycles. The van der Waals surface area contributed by atoms with E-state index in [-0.39, 0.29) is 6.42 Å². The molecule has 1 aromatic rings. The quantitative estimate of drug-likeness (QED) is 0.271. The smallest absolute Gasteiger partial charge is 0.331 e. The highest BCUT2D eigenvalue weighted by Crippen LogP contribution is 2.49. The predicted octanol–water partition coefficient (Wildman–Crippen LogP) is -0.315. The molecule has 0 aromatic heterocycles. The third kappa shape index (κ3) is 4.89. The van der Waals surface area contributed by atoms with Crippen molar-refractivity contribution in [1.29, 1.82) is 0 Å². The highest BCUT2D eigenvalue weighted by molar-refractivity contribution is 5.87. The number of aliphatic hydroxyl groups is 5. The molecule has 1 saturated carbocycles. The van der Waals surface area contributed by atoms with E-state index in [0.29, 0.717) is 0 Å². The van der Waals surface area contributed by atoms with Crippen LogP contribution in [0.25, 0.3) is 6.08 Å². The minimum absolute atomic E-state index is 0.121. The van der Waals surface area contributed by atoms with Crippen molar-refractivity contribution in [2.75, 3.05) is 6.61 Å². The topological polar surface area (TPSA) is 155 Å². The van der Waals surface area contributed by atoms with Gasteiger partial charge in [-0.15, -0.1) is 0 Å². The van der Waals surface area contributed by atoms with Gasteiger partial charge >= 0.3 is 5.97 Å². The number of benzene rings is 1. The summed E-state index contributed by atoms with van der Waals surface area (Å²) in [6.45, 7) is 1.06.